The Hall–Kier alpha value is -3.28. The zero-order valence-electron chi connectivity index (χ0n) is 12.3. The summed E-state index contributed by atoms with van der Waals surface area (Å²) in [4.78, 5) is 25.1. The van der Waals surface area contributed by atoms with Crippen LogP contribution in [0.2, 0.25) is 0 Å². The van der Waals surface area contributed by atoms with Crippen LogP contribution in [0.3, 0.4) is 0 Å². The molecule has 0 bridgehead atoms. The van der Waals surface area contributed by atoms with E-state index in [9.17, 15) is 4.79 Å². The lowest BCUT2D eigenvalue weighted by Gasteiger charge is -2.05. The second-order valence-corrected chi connectivity index (χ2v) is 5.14. The van der Waals surface area contributed by atoms with Crippen LogP contribution in [0.15, 0.2) is 53.2 Å². The van der Waals surface area contributed by atoms with Crippen molar-refractivity contribution in [2.75, 3.05) is 5.32 Å². The Kier molecular flexibility index (Phi) is 3.01. The average Bonchev–Trinajstić information content (AvgIpc) is 2.93. The third-order valence-corrected chi connectivity index (χ3v) is 3.47. The fraction of sp³-hybridized carbons (Fsp3) is 0.0588. The highest BCUT2D eigenvalue weighted by Gasteiger charge is 2.10. The topological polar surface area (TPSA) is 80.9 Å². The molecule has 6 heteroatoms. The number of carbonyl (C=O) groups is 1. The number of pyridine rings is 2. The molecule has 0 saturated carbocycles. The van der Waals surface area contributed by atoms with Crippen LogP contribution in [-0.2, 0) is 0 Å². The molecule has 0 aliphatic heterocycles. The van der Waals surface area contributed by atoms with E-state index >= 15 is 0 Å². The Bertz CT molecular complexity index is 1040. The molecule has 0 atom stereocenters. The highest BCUT2D eigenvalue weighted by atomic mass is 16.3. The molecular weight excluding hydrogens is 292 g/mol. The number of oxazole rings is 1. The second-order valence-electron chi connectivity index (χ2n) is 5.14. The van der Waals surface area contributed by atoms with E-state index < -0.39 is 0 Å². The first kappa shape index (κ1) is 13.4. The number of carbonyl (C=O) groups excluding carboxylic acids is 1. The molecule has 23 heavy (non-hydrogen) atoms. The van der Waals surface area contributed by atoms with Gasteiger partial charge in [-0.1, -0.05) is 0 Å². The summed E-state index contributed by atoms with van der Waals surface area (Å²) in [5.41, 5.74) is 3.92. The van der Waals surface area contributed by atoms with Gasteiger partial charge in [0.05, 0.1) is 16.6 Å². The molecule has 3 heterocycles. The molecule has 0 saturated heterocycles. The number of nitrogens with one attached hydrogen (secondary N) is 1. The van der Waals surface area contributed by atoms with Crippen molar-refractivity contribution in [1.82, 2.24) is 15.0 Å². The molecular formula is C17H12N4O2. The minimum absolute atomic E-state index is 0.249. The summed E-state index contributed by atoms with van der Waals surface area (Å²) < 4.78 is 5.47. The van der Waals surface area contributed by atoms with Gasteiger partial charge in [0, 0.05) is 31.1 Å². The SMILES string of the molecule is Cc1nc2ccc(NC(=O)c3cnc4cccnc4c3)cc2o1. The lowest BCUT2D eigenvalue weighted by molar-refractivity contribution is 0.102. The van der Waals surface area contributed by atoms with Gasteiger partial charge in [-0.25, -0.2) is 4.98 Å². The predicted octanol–water partition coefficient (Wildman–Crippen LogP) is 3.33. The summed E-state index contributed by atoms with van der Waals surface area (Å²) in [5.74, 6) is 0.342. The number of anilines is 1. The van der Waals surface area contributed by atoms with Crippen LogP contribution in [0.25, 0.3) is 22.1 Å². The Morgan fingerprint density at radius 3 is 2.91 bits per heavy atom. The van der Waals surface area contributed by atoms with Gasteiger partial charge in [0.25, 0.3) is 5.91 Å². The molecule has 0 aliphatic carbocycles. The maximum absolute atomic E-state index is 12.4. The number of rotatable bonds is 2. The zero-order valence-corrected chi connectivity index (χ0v) is 12.3. The van der Waals surface area contributed by atoms with E-state index in [0.717, 1.165) is 11.0 Å². The van der Waals surface area contributed by atoms with E-state index in [-0.39, 0.29) is 5.91 Å². The molecule has 1 amide bonds. The second kappa shape index (κ2) is 5.17. The molecule has 3 aromatic heterocycles. The normalized spacial score (nSPS) is 11.0. The van der Waals surface area contributed by atoms with Gasteiger partial charge in [-0.15, -0.1) is 0 Å². The maximum Gasteiger partial charge on any atom is 0.257 e. The van der Waals surface area contributed by atoms with Crippen molar-refractivity contribution in [3.8, 4) is 0 Å². The van der Waals surface area contributed by atoms with Crippen molar-refractivity contribution >= 4 is 33.7 Å². The lowest BCUT2D eigenvalue weighted by Crippen LogP contribution is -2.12. The zero-order chi connectivity index (χ0) is 15.8. The van der Waals surface area contributed by atoms with E-state index in [0.29, 0.717) is 28.2 Å². The van der Waals surface area contributed by atoms with Gasteiger partial charge in [0.1, 0.15) is 5.52 Å². The number of hydrogen-bond acceptors (Lipinski definition) is 5. The summed E-state index contributed by atoms with van der Waals surface area (Å²) in [6, 6.07) is 10.7. The smallest absolute Gasteiger partial charge is 0.257 e. The van der Waals surface area contributed by atoms with Crippen molar-refractivity contribution in [3.63, 3.8) is 0 Å². The average molecular weight is 304 g/mol. The first-order chi connectivity index (χ1) is 11.2. The van der Waals surface area contributed by atoms with Crippen molar-refractivity contribution in [2.45, 2.75) is 6.92 Å². The van der Waals surface area contributed by atoms with E-state index in [4.69, 9.17) is 4.42 Å². The van der Waals surface area contributed by atoms with Gasteiger partial charge < -0.3 is 9.73 Å². The highest BCUT2D eigenvalue weighted by Crippen LogP contribution is 2.20. The number of aryl methyl sites for hydroxylation is 1. The molecule has 6 nitrogen and oxygen atoms in total. The number of benzene rings is 1. The van der Waals surface area contributed by atoms with Crippen molar-refractivity contribution in [1.29, 1.82) is 0 Å². The molecule has 0 fully saturated rings. The molecule has 4 aromatic rings. The number of hydrogen-bond donors (Lipinski definition) is 1. The Morgan fingerprint density at radius 2 is 2.00 bits per heavy atom. The molecule has 0 spiro atoms. The number of nitrogens with zero attached hydrogens (tertiary/aromatic N) is 3. The van der Waals surface area contributed by atoms with Crippen LogP contribution in [0, 0.1) is 6.92 Å². The quantitative estimate of drug-likeness (QED) is 0.614. The summed E-state index contributed by atoms with van der Waals surface area (Å²) in [6.07, 6.45) is 3.21. The van der Waals surface area contributed by atoms with E-state index in [1.54, 1.807) is 31.3 Å². The van der Waals surface area contributed by atoms with Gasteiger partial charge in [-0.2, -0.15) is 0 Å². The minimum atomic E-state index is -0.249. The van der Waals surface area contributed by atoms with Crippen molar-refractivity contribution in [2.24, 2.45) is 0 Å². The summed E-state index contributed by atoms with van der Waals surface area (Å²) in [7, 11) is 0. The molecule has 112 valence electrons. The van der Waals surface area contributed by atoms with Crippen molar-refractivity contribution < 1.29 is 9.21 Å². The van der Waals surface area contributed by atoms with Gasteiger partial charge in [0.15, 0.2) is 11.5 Å². The summed E-state index contributed by atoms with van der Waals surface area (Å²) in [6.45, 7) is 1.78. The van der Waals surface area contributed by atoms with Gasteiger partial charge in [-0.05, 0) is 30.3 Å². The fourth-order valence-corrected chi connectivity index (χ4v) is 2.40. The molecule has 0 aliphatic rings. The van der Waals surface area contributed by atoms with E-state index in [2.05, 4.69) is 20.3 Å². The molecule has 1 N–H and O–H groups in total. The standard InChI is InChI=1S/C17H12N4O2/c1-10-20-14-5-4-12(8-16(14)23-10)21-17(22)11-7-15-13(19-9-11)3-2-6-18-15/h2-9H,1H3,(H,21,22). The predicted molar refractivity (Wildman–Crippen MR) is 86.2 cm³/mol. The third-order valence-electron chi connectivity index (χ3n) is 3.47. The number of fused-ring (bicyclic) bond motifs is 2. The van der Waals surface area contributed by atoms with Crippen molar-refractivity contribution in [3.05, 3.63) is 60.2 Å². The molecule has 0 unspecified atom stereocenters. The van der Waals surface area contributed by atoms with E-state index in [1.165, 1.54) is 6.20 Å². The Labute approximate surface area is 131 Å². The van der Waals surface area contributed by atoms with Crippen LogP contribution in [0.4, 0.5) is 5.69 Å². The van der Waals surface area contributed by atoms with E-state index in [1.807, 2.05) is 18.2 Å². The summed E-state index contributed by atoms with van der Waals surface area (Å²) in [5, 5.41) is 2.83. The maximum atomic E-state index is 12.4. The lowest BCUT2D eigenvalue weighted by atomic mass is 10.2. The van der Waals surface area contributed by atoms with Gasteiger partial charge in [0.2, 0.25) is 0 Å². The van der Waals surface area contributed by atoms with Crippen LogP contribution in [0.5, 0.6) is 0 Å². The number of amides is 1. The van der Waals surface area contributed by atoms with Gasteiger partial charge in [-0.3, -0.25) is 14.8 Å². The molecule has 0 radical (unpaired) electrons. The monoisotopic (exact) mass is 304 g/mol. The molecule has 4 rings (SSSR count). The first-order valence-electron chi connectivity index (χ1n) is 7.08. The molecule has 1 aromatic carbocycles. The minimum Gasteiger partial charge on any atom is -0.441 e. The van der Waals surface area contributed by atoms with Gasteiger partial charge >= 0.3 is 0 Å². The Morgan fingerprint density at radius 1 is 1.09 bits per heavy atom. The summed E-state index contributed by atoms with van der Waals surface area (Å²) >= 11 is 0. The fourth-order valence-electron chi connectivity index (χ4n) is 2.40. The first-order valence-corrected chi connectivity index (χ1v) is 7.08. The third kappa shape index (κ3) is 2.50. The van der Waals surface area contributed by atoms with Crippen LogP contribution < -0.4 is 5.32 Å². The van der Waals surface area contributed by atoms with Crippen LogP contribution >= 0.6 is 0 Å². The Balaban J connectivity index is 1.64. The largest absolute Gasteiger partial charge is 0.441 e. The van der Waals surface area contributed by atoms with Crippen LogP contribution in [-0.4, -0.2) is 20.9 Å². The van der Waals surface area contributed by atoms with Crippen LogP contribution in [0.1, 0.15) is 16.2 Å². The number of aromatic nitrogens is 3. The highest BCUT2D eigenvalue weighted by molar-refractivity contribution is 6.06.